The van der Waals surface area contributed by atoms with E-state index >= 15 is 0 Å². The van der Waals surface area contributed by atoms with Crippen LogP contribution in [-0.2, 0) is 11.3 Å². The van der Waals surface area contributed by atoms with Crippen LogP contribution in [-0.4, -0.2) is 47.7 Å². The van der Waals surface area contributed by atoms with Gasteiger partial charge in [0.05, 0.1) is 6.57 Å². The van der Waals surface area contributed by atoms with Crippen LogP contribution in [0, 0.1) is 6.57 Å². The molecule has 0 saturated carbocycles. The zero-order valence-electron chi connectivity index (χ0n) is 13.5. The first-order chi connectivity index (χ1) is 10.4. The highest BCUT2D eigenvalue weighted by molar-refractivity contribution is 5.68. The number of hydrogen-bond donors (Lipinski definition) is 0. The molecule has 0 atom stereocenters. The van der Waals surface area contributed by atoms with Crippen molar-refractivity contribution in [3.63, 3.8) is 0 Å². The summed E-state index contributed by atoms with van der Waals surface area (Å²) in [5, 5.41) is 0. The Hall–Kier alpha value is -2.06. The van der Waals surface area contributed by atoms with Gasteiger partial charge in [0.1, 0.15) is 5.60 Å². The Morgan fingerprint density at radius 2 is 1.95 bits per heavy atom. The van der Waals surface area contributed by atoms with Crippen LogP contribution in [0.1, 0.15) is 26.3 Å². The van der Waals surface area contributed by atoms with Gasteiger partial charge in [0.25, 0.3) is 0 Å². The molecule has 0 aliphatic carbocycles. The first-order valence-corrected chi connectivity index (χ1v) is 7.54. The van der Waals surface area contributed by atoms with Crippen molar-refractivity contribution in [2.45, 2.75) is 32.9 Å². The molecule has 0 unspecified atom stereocenters. The Morgan fingerprint density at radius 3 is 2.55 bits per heavy atom. The third kappa shape index (κ3) is 4.74. The van der Waals surface area contributed by atoms with E-state index in [0.29, 0.717) is 18.8 Å². The molecule has 5 heteroatoms. The molecule has 1 aromatic carbocycles. The number of hydrogen-bond acceptors (Lipinski definition) is 3. The van der Waals surface area contributed by atoms with Crippen molar-refractivity contribution in [2.75, 3.05) is 26.2 Å². The lowest BCUT2D eigenvalue weighted by molar-refractivity contribution is 0.0139. The number of amides is 1. The molecule has 0 aromatic heterocycles. The van der Waals surface area contributed by atoms with E-state index in [-0.39, 0.29) is 6.09 Å². The summed E-state index contributed by atoms with van der Waals surface area (Å²) in [5.74, 6) is 0. The van der Waals surface area contributed by atoms with E-state index in [0.717, 1.165) is 25.2 Å². The largest absolute Gasteiger partial charge is 0.444 e. The monoisotopic (exact) mass is 301 g/mol. The van der Waals surface area contributed by atoms with E-state index < -0.39 is 5.60 Å². The van der Waals surface area contributed by atoms with Crippen LogP contribution in [0.25, 0.3) is 4.85 Å². The van der Waals surface area contributed by atoms with Crippen LogP contribution >= 0.6 is 0 Å². The summed E-state index contributed by atoms with van der Waals surface area (Å²) in [6, 6.07) is 7.69. The molecule has 1 aliphatic rings. The van der Waals surface area contributed by atoms with Crippen molar-refractivity contribution in [1.82, 2.24) is 9.80 Å². The molecule has 1 fully saturated rings. The normalized spacial score (nSPS) is 16.2. The van der Waals surface area contributed by atoms with Gasteiger partial charge in [-0.05, 0) is 26.3 Å². The van der Waals surface area contributed by atoms with Crippen LogP contribution in [0.4, 0.5) is 10.5 Å². The number of nitrogens with zero attached hydrogens (tertiary/aromatic N) is 3. The molecular weight excluding hydrogens is 278 g/mol. The minimum Gasteiger partial charge on any atom is -0.444 e. The highest BCUT2D eigenvalue weighted by atomic mass is 16.6. The van der Waals surface area contributed by atoms with E-state index in [1.807, 2.05) is 45.0 Å². The number of carbonyl (C=O) groups is 1. The van der Waals surface area contributed by atoms with E-state index in [4.69, 9.17) is 11.3 Å². The maximum Gasteiger partial charge on any atom is 0.410 e. The fourth-order valence-corrected chi connectivity index (χ4v) is 2.40. The van der Waals surface area contributed by atoms with Gasteiger partial charge >= 0.3 is 6.09 Å². The summed E-state index contributed by atoms with van der Waals surface area (Å²) >= 11 is 0. The van der Waals surface area contributed by atoms with Crippen molar-refractivity contribution in [3.8, 4) is 0 Å². The van der Waals surface area contributed by atoms with Gasteiger partial charge in [0, 0.05) is 32.7 Å². The highest BCUT2D eigenvalue weighted by Crippen LogP contribution is 2.17. The fraction of sp³-hybridized carbons (Fsp3) is 0.529. The van der Waals surface area contributed by atoms with Crippen LogP contribution in [0.15, 0.2) is 24.3 Å². The molecule has 1 aliphatic heterocycles. The third-order valence-electron chi connectivity index (χ3n) is 3.47. The Morgan fingerprint density at radius 1 is 1.27 bits per heavy atom. The smallest absolute Gasteiger partial charge is 0.410 e. The van der Waals surface area contributed by atoms with Gasteiger partial charge in [0.15, 0.2) is 5.69 Å². The van der Waals surface area contributed by atoms with Gasteiger partial charge in [-0.2, -0.15) is 0 Å². The molecule has 5 nitrogen and oxygen atoms in total. The maximum absolute atomic E-state index is 12.0. The topological polar surface area (TPSA) is 37.1 Å². The second kappa shape index (κ2) is 6.80. The van der Waals surface area contributed by atoms with Crippen LogP contribution in [0.2, 0.25) is 0 Å². The van der Waals surface area contributed by atoms with E-state index in [1.165, 1.54) is 0 Å². The lowest BCUT2D eigenvalue weighted by Gasteiger charge is -2.35. The van der Waals surface area contributed by atoms with Gasteiger partial charge in [-0.15, -0.1) is 0 Å². The van der Waals surface area contributed by atoms with Gasteiger partial charge in [-0.3, -0.25) is 4.90 Å². The van der Waals surface area contributed by atoms with Gasteiger partial charge in [0.2, 0.25) is 0 Å². The minimum atomic E-state index is -0.450. The predicted octanol–water partition coefficient (Wildman–Crippen LogP) is 3.29. The molecule has 118 valence electrons. The number of carbonyl (C=O) groups excluding carboxylic acids is 1. The first kappa shape index (κ1) is 16.3. The Balaban J connectivity index is 1.84. The van der Waals surface area contributed by atoms with E-state index in [9.17, 15) is 4.79 Å². The van der Waals surface area contributed by atoms with E-state index in [1.54, 1.807) is 4.90 Å². The summed E-state index contributed by atoms with van der Waals surface area (Å²) in [4.78, 5) is 19.5. The van der Waals surface area contributed by atoms with Crippen molar-refractivity contribution < 1.29 is 9.53 Å². The summed E-state index contributed by atoms with van der Waals surface area (Å²) in [6.45, 7) is 16.5. The fourth-order valence-electron chi connectivity index (χ4n) is 2.40. The summed E-state index contributed by atoms with van der Waals surface area (Å²) in [5.41, 5.74) is 1.36. The van der Waals surface area contributed by atoms with Crippen LogP contribution < -0.4 is 0 Å². The molecule has 22 heavy (non-hydrogen) atoms. The predicted molar refractivity (Wildman–Crippen MR) is 85.8 cm³/mol. The summed E-state index contributed by atoms with van der Waals surface area (Å²) in [6.07, 6.45) is -0.234. The van der Waals surface area contributed by atoms with Crippen molar-refractivity contribution in [2.24, 2.45) is 0 Å². The van der Waals surface area contributed by atoms with Crippen molar-refractivity contribution in [3.05, 3.63) is 41.2 Å². The zero-order chi connectivity index (χ0) is 16.2. The molecule has 1 saturated heterocycles. The number of rotatable bonds is 2. The number of benzene rings is 1. The third-order valence-corrected chi connectivity index (χ3v) is 3.47. The molecular formula is C17H23N3O2. The van der Waals surface area contributed by atoms with Crippen LogP contribution in [0.5, 0.6) is 0 Å². The lowest BCUT2D eigenvalue weighted by atomic mass is 10.2. The van der Waals surface area contributed by atoms with E-state index in [2.05, 4.69) is 9.74 Å². The Labute approximate surface area is 132 Å². The Kier molecular flexibility index (Phi) is 5.04. The molecule has 0 bridgehead atoms. The van der Waals surface area contributed by atoms with Gasteiger partial charge in [-0.25, -0.2) is 9.64 Å². The first-order valence-electron chi connectivity index (χ1n) is 7.54. The SMILES string of the molecule is [C-]#[N+]c1cccc(CN2CCN(C(=O)OC(C)(C)C)CC2)c1. The molecule has 1 amide bonds. The average molecular weight is 301 g/mol. The lowest BCUT2D eigenvalue weighted by Crippen LogP contribution is -2.49. The molecule has 1 heterocycles. The standard InChI is InChI=1S/C17H23N3O2/c1-17(2,3)22-16(21)20-10-8-19(9-11-20)13-14-6-5-7-15(12-14)18-4/h5-7,12H,8-11,13H2,1-3H3. The number of piperazine rings is 1. The van der Waals surface area contributed by atoms with Crippen molar-refractivity contribution >= 4 is 11.8 Å². The molecule has 2 rings (SSSR count). The van der Waals surface area contributed by atoms with Gasteiger partial charge < -0.3 is 9.64 Å². The molecule has 1 aromatic rings. The maximum atomic E-state index is 12.0. The molecule has 0 radical (unpaired) electrons. The van der Waals surface area contributed by atoms with Gasteiger partial charge in [-0.1, -0.05) is 24.3 Å². The number of ether oxygens (including phenoxy) is 1. The Bertz CT molecular complexity index is 564. The minimum absolute atomic E-state index is 0.234. The quantitative estimate of drug-likeness (QED) is 0.787. The summed E-state index contributed by atoms with van der Waals surface area (Å²) < 4.78 is 5.40. The zero-order valence-corrected chi connectivity index (χ0v) is 13.5. The average Bonchev–Trinajstić information content (AvgIpc) is 2.46. The van der Waals surface area contributed by atoms with Crippen molar-refractivity contribution in [1.29, 1.82) is 0 Å². The van der Waals surface area contributed by atoms with Crippen LogP contribution in [0.3, 0.4) is 0 Å². The summed E-state index contributed by atoms with van der Waals surface area (Å²) in [7, 11) is 0. The second-order valence-electron chi connectivity index (χ2n) is 6.53. The second-order valence-corrected chi connectivity index (χ2v) is 6.53. The molecule has 0 spiro atoms. The highest BCUT2D eigenvalue weighted by Gasteiger charge is 2.25. The molecule has 0 N–H and O–H groups in total.